The lowest BCUT2D eigenvalue weighted by atomic mass is 9.80. The molecule has 0 spiro atoms. The number of carbonyl (C=O) groups excluding carboxylic acids is 5. The van der Waals surface area contributed by atoms with Gasteiger partial charge in [-0.3, -0.25) is 43.2 Å². The first-order valence-electron chi connectivity index (χ1n) is 39.2. The van der Waals surface area contributed by atoms with E-state index >= 15 is 0 Å². The molecule has 0 heterocycles. The maximum absolute atomic E-state index is 11.8. The number of benzene rings is 1. The van der Waals surface area contributed by atoms with Crippen molar-refractivity contribution in [1.29, 1.82) is 0 Å². The topological polar surface area (TPSA) is 450 Å². The monoisotopic (exact) mass is 1610 g/mol. The number of carboxylic acid groups (broad SMARTS) is 6. The zero-order chi connectivity index (χ0) is 85.3. The average molecular weight is 1610 g/mol. The highest BCUT2D eigenvalue weighted by molar-refractivity contribution is 5.93. The number of esters is 4. The van der Waals surface area contributed by atoms with Gasteiger partial charge in [-0.25, -0.2) is 58.5 Å². The Morgan fingerprint density at radius 2 is 0.750 bits per heavy atom. The summed E-state index contributed by atoms with van der Waals surface area (Å²) in [6.45, 7) is 34.0. The number of amides is 1. The van der Waals surface area contributed by atoms with Crippen LogP contribution in [-0.2, 0) is 118 Å². The molecule has 0 saturated heterocycles. The van der Waals surface area contributed by atoms with Gasteiger partial charge in [0.25, 0.3) is 0 Å². The maximum atomic E-state index is 11.8. The van der Waals surface area contributed by atoms with Crippen molar-refractivity contribution in [3.8, 4) is 0 Å². The summed E-state index contributed by atoms with van der Waals surface area (Å²) in [5, 5.41) is 57.0. The highest BCUT2D eigenvalue weighted by Gasteiger charge is 2.35. The Bertz CT molecular complexity index is 2880. The fourth-order valence-electron chi connectivity index (χ4n) is 10.3. The van der Waals surface area contributed by atoms with Crippen molar-refractivity contribution in [2.45, 2.75) is 246 Å². The van der Waals surface area contributed by atoms with Crippen LogP contribution in [0.4, 0.5) is 0 Å². The normalized spacial score (nSPS) is 17.9. The van der Waals surface area contributed by atoms with E-state index in [1.165, 1.54) is 18.2 Å². The average Bonchev–Trinajstić information content (AvgIpc) is 0.845. The molecule has 7 N–H and O–H groups in total. The summed E-state index contributed by atoms with van der Waals surface area (Å²) in [5.74, 6) is -7.04. The highest BCUT2D eigenvalue weighted by atomic mass is 17.2. The molecule has 4 atom stereocenters. The molecule has 4 unspecified atom stereocenters. The number of nitrogens with one attached hydrogen (secondary N) is 1. The van der Waals surface area contributed by atoms with E-state index in [1.807, 2.05) is 90.0 Å². The number of carbonyl (C=O) groups is 11. The van der Waals surface area contributed by atoms with Crippen LogP contribution in [0, 0.1) is 68.0 Å². The summed E-state index contributed by atoms with van der Waals surface area (Å²) in [7, 11) is 0. The molecule has 3 fully saturated rings. The van der Waals surface area contributed by atoms with Gasteiger partial charge in [0, 0.05) is 12.0 Å². The predicted molar refractivity (Wildman–Crippen MR) is 406 cm³/mol. The second kappa shape index (κ2) is 55.5. The number of aliphatic carboxylic acids is 4. The quantitative estimate of drug-likeness (QED) is 0.0105. The molecule has 32 nitrogen and oxygen atoms in total. The van der Waals surface area contributed by atoms with Gasteiger partial charge in [-0.05, 0) is 207 Å². The number of aromatic carboxylic acids is 2. The Morgan fingerprint density at radius 1 is 0.384 bits per heavy atom. The second-order valence-electron chi connectivity index (χ2n) is 31.8. The summed E-state index contributed by atoms with van der Waals surface area (Å²) < 4.78 is 20.3. The van der Waals surface area contributed by atoms with Gasteiger partial charge in [0.05, 0.1) is 89.0 Å². The molecule has 1 amide bonds. The fourth-order valence-corrected chi connectivity index (χ4v) is 10.3. The molecule has 3 aliphatic rings. The number of hydrogen-bond donors (Lipinski definition) is 7. The van der Waals surface area contributed by atoms with Crippen LogP contribution in [-0.4, -0.2) is 189 Å². The Kier molecular flexibility index (Phi) is 52.0. The van der Waals surface area contributed by atoms with Crippen LogP contribution in [0.1, 0.15) is 266 Å². The van der Waals surface area contributed by atoms with E-state index in [0.29, 0.717) is 90.1 Å². The molecule has 646 valence electrons. The summed E-state index contributed by atoms with van der Waals surface area (Å²) >= 11 is 0. The van der Waals surface area contributed by atoms with E-state index in [9.17, 15) is 52.7 Å². The molecule has 0 radical (unpaired) electrons. The largest absolute Gasteiger partial charge is 0.481 e. The molecule has 3 aliphatic carbocycles. The molecule has 1 aromatic carbocycles. The van der Waals surface area contributed by atoms with Crippen LogP contribution in [0.2, 0.25) is 0 Å². The van der Waals surface area contributed by atoms with Gasteiger partial charge in [0.1, 0.15) is 59.5 Å². The third-order valence-corrected chi connectivity index (χ3v) is 20.7. The fraction of sp³-hybridized carbons (Fsp3) is 0.787. The molecule has 32 heteroatoms. The van der Waals surface area contributed by atoms with Crippen molar-refractivity contribution >= 4 is 65.6 Å². The molecule has 4 rings (SSSR count). The lowest BCUT2D eigenvalue weighted by Crippen LogP contribution is -2.38. The number of rotatable bonds is 48. The first-order chi connectivity index (χ1) is 52.4. The van der Waals surface area contributed by atoms with Crippen LogP contribution < -0.4 is 5.32 Å². The van der Waals surface area contributed by atoms with Gasteiger partial charge in [-0.2, -0.15) is 0 Å². The first kappa shape index (κ1) is 105. The van der Waals surface area contributed by atoms with Gasteiger partial charge in [-0.1, -0.05) is 74.1 Å². The smallest absolute Gasteiger partial charge is 0.336 e. The van der Waals surface area contributed by atoms with Crippen LogP contribution in [0.15, 0.2) is 18.2 Å². The minimum absolute atomic E-state index is 0.00294. The van der Waals surface area contributed by atoms with E-state index in [-0.39, 0.29) is 154 Å². The third kappa shape index (κ3) is 43.5. The van der Waals surface area contributed by atoms with Crippen molar-refractivity contribution in [3.63, 3.8) is 0 Å². The number of ether oxygens (including phenoxy) is 4. The summed E-state index contributed by atoms with van der Waals surface area (Å²) in [6, 6.07) is 3.60. The van der Waals surface area contributed by atoms with Gasteiger partial charge in [-0.15, -0.1) is 0 Å². The maximum Gasteiger partial charge on any atom is 0.336 e. The van der Waals surface area contributed by atoms with Gasteiger partial charge < -0.3 is 54.9 Å². The first-order valence-corrected chi connectivity index (χ1v) is 39.2. The Balaban J connectivity index is 0.00000138. The van der Waals surface area contributed by atoms with Crippen molar-refractivity contribution < 1.29 is 151 Å². The number of carboxylic acids is 6. The lowest BCUT2D eigenvalue weighted by Gasteiger charge is -2.27. The number of hydrogen-bond acceptors (Lipinski definition) is 25. The molecular formula is C80H135NO31. The Hall–Kier alpha value is -7.01. The summed E-state index contributed by atoms with van der Waals surface area (Å²) in [6.07, 6.45) is 14.9. The third-order valence-electron chi connectivity index (χ3n) is 20.7. The zero-order valence-electron chi connectivity index (χ0n) is 69.6. The van der Waals surface area contributed by atoms with Gasteiger partial charge in [0.2, 0.25) is 5.91 Å². The van der Waals surface area contributed by atoms with E-state index in [2.05, 4.69) is 5.32 Å². The summed E-state index contributed by atoms with van der Waals surface area (Å²) in [4.78, 5) is 175. The summed E-state index contributed by atoms with van der Waals surface area (Å²) in [5.41, 5.74) is -3.12. The van der Waals surface area contributed by atoms with E-state index in [1.54, 1.807) is 27.7 Å². The highest BCUT2D eigenvalue weighted by Crippen LogP contribution is 2.34. The minimum Gasteiger partial charge on any atom is -0.481 e. The molecule has 1 aromatic rings. The van der Waals surface area contributed by atoms with E-state index in [0.717, 1.165) is 64.2 Å². The Morgan fingerprint density at radius 3 is 1.12 bits per heavy atom. The van der Waals surface area contributed by atoms with Gasteiger partial charge >= 0.3 is 59.7 Å². The molecule has 112 heavy (non-hydrogen) atoms. The molecule has 0 bridgehead atoms. The van der Waals surface area contributed by atoms with Crippen molar-refractivity contribution in [2.24, 2.45) is 68.0 Å². The second-order valence-corrected chi connectivity index (χ2v) is 31.8. The predicted octanol–water partition coefficient (Wildman–Crippen LogP) is 13.3. The SMILES string of the molecule is CCC(C)(C)C(=O)NCCOOCC1CCCCC1C(=O)O.CCC(C)(C)C(=O)OCCOOCC1CCC(C(=O)O)CC1.CCC(C)(C)C(=O)OCCOOCC1CCCCC1C(=O)O.CCC(C)(C)C(=O)OCCOOCCCC(C)(C)C(=O)O.CCC(C)(C)C(=O)OCCOOCc1cc(C(=O)O)ccc1C(=O)O. The van der Waals surface area contributed by atoms with E-state index in [4.69, 9.17) is 98.5 Å². The minimum atomic E-state index is -1.20. The van der Waals surface area contributed by atoms with Crippen LogP contribution in [0.5, 0.6) is 0 Å². The van der Waals surface area contributed by atoms with Crippen LogP contribution in [0.25, 0.3) is 0 Å². The van der Waals surface area contributed by atoms with Crippen LogP contribution in [0.3, 0.4) is 0 Å². The van der Waals surface area contributed by atoms with Gasteiger partial charge in [0.15, 0.2) is 0 Å². The standard InChI is InChI=1S/C17H22O8.C16H29NO5.2C16H28O6.C15H28O6/c1-4-17(2,3)16(22)23-7-8-24-25-10-12-9-11(14(18)19)5-6-13(12)15(20)21;1-4-16(2,3)15(20)17-9-10-21-22-11-12-7-5-6-8-13(12)14(18)19;1-4-16(2,3)15(19)20-9-10-21-22-11-12-5-7-13(8-6-12)14(17)18;1-4-16(2,3)15(19)20-9-10-21-22-11-12-7-5-6-8-13(12)14(17)18;1-6-14(2,3)13(18)19-10-11-21-20-9-7-8-15(4,5)12(16)17/h5-6,9H,4,7-8,10H2,1-3H3,(H,18,19)(H,20,21);12-13H,4-11H2,1-3H3,(H,17,20)(H,18,19);2*12-13H,4-11H2,1-3H3,(H,17,18);6-11H2,1-5H3,(H,16,17). The van der Waals surface area contributed by atoms with Crippen molar-refractivity contribution in [2.75, 3.05) is 92.4 Å². The molecular weight excluding hydrogens is 1470 g/mol. The van der Waals surface area contributed by atoms with Crippen molar-refractivity contribution in [1.82, 2.24) is 5.32 Å². The van der Waals surface area contributed by atoms with Crippen LogP contribution >= 0.6 is 0 Å². The van der Waals surface area contributed by atoms with E-state index < -0.39 is 62.9 Å². The molecule has 0 aliphatic heterocycles. The lowest BCUT2D eigenvalue weighted by molar-refractivity contribution is -0.307. The van der Waals surface area contributed by atoms with Crippen molar-refractivity contribution in [3.05, 3.63) is 34.9 Å². The zero-order valence-corrected chi connectivity index (χ0v) is 69.6. The molecule has 3 saturated carbocycles. The Labute approximate surface area is 661 Å². The molecule has 0 aromatic heterocycles.